The van der Waals surface area contributed by atoms with Gasteiger partial charge in [-0.25, -0.2) is 4.79 Å². The topological polar surface area (TPSA) is 84.4 Å². The number of carbonyl (C=O) groups excluding carboxylic acids is 2. The summed E-state index contributed by atoms with van der Waals surface area (Å²) >= 11 is 0. The van der Waals surface area contributed by atoms with Gasteiger partial charge in [-0.3, -0.25) is 9.78 Å². The molecule has 2 fully saturated rings. The number of benzene rings is 1. The Balaban J connectivity index is 1.36. The van der Waals surface area contributed by atoms with E-state index < -0.39 is 0 Å². The molecule has 37 heavy (non-hydrogen) atoms. The van der Waals surface area contributed by atoms with Crippen molar-refractivity contribution in [1.82, 2.24) is 19.7 Å². The van der Waals surface area contributed by atoms with Gasteiger partial charge in [0.1, 0.15) is 11.4 Å². The molecule has 0 unspecified atom stereocenters. The highest BCUT2D eigenvalue weighted by Gasteiger charge is 2.24. The Bertz CT molecular complexity index is 1050. The molecule has 0 aliphatic carbocycles. The van der Waals surface area contributed by atoms with Crippen molar-refractivity contribution in [3.63, 3.8) is 0 Å². The number of aromatic nitrogens is 1. The van der Waals surface area contributed by atoms with Gasteiger partial charge in [0.25, 0.3) is 5.91 Å². The maximum atomic E-state index is 12.8. The fourth-order valence-corrected chi connectivity index (χ4v) is 4.74. The highest BCUT2D eigenvalue weighted by atomic mass is 16.6. The van der Waals surface area contributed by atoms with Crippen LogP contribution in [-0.4, -0.2) is 98.3 Å². The third kappa shape index (κ3) is 6.99. The van der Waals surface area contributed by atoms with E-state index in [1.165, 1.54) is 0 Å². The Morgan fingerprint density at radius 2 is 1.70 bits per heavy atom. The van der Waals surface area contributed by atoms with Crippen LogP contribution in [0.25, 0.3) is 11.1 Å². The molecule has 9 heteroatoms. The number of piperidine rings is 1. The molecule has 0 radical (unpaired) electrons. The van der Waals surface area contributed by atoms with Gasteiger partial charge in [0.15, 0.2) is 0 Å². The third-order valence-corrected chi connectivity index (χ3v) is 7.08. The minimum absolute atomic E-state index is 0.0171. The lowest BCUT2D eigenvalue weighted by Gasteiger charge is -2.32. The molecule has 2 aromatic rings. The van der Waals surface area contributed by atoms with Gasteiger partial charge in [0, 0.05) is 63.7 Å². The standard InChI is InChI=1S/C28H38N4O5/c1-4-36-28(34)32-11-9-21(10-12-32)19-37-26-8-6-22(17-24(26)20-35-3)23-5-7-25(29-18-23)27(33)31-15-13-30(2)14-16-31/h5-8,17-18,21H,4,9-16,19-20H2,1-3H3. The number of likely N-dealkylation sites (N-methyl/N-ethyl adjacent to an activating group) is 1. The summed E-state index contributed by atoms with van der Waals surface area (Å²) < 4.78 is 16.7. The zero-order valence-electron chi connectivity index (χ0n) is 22.1. The van der Waals surface area contributed by atoms with Crippen molar-refractivity contribution in [3.05, 3.63) is 47.8 Å². The Hall–Kier alpha value is -3.17. The normalized spacial score (nSPS) is 17.1. The van der Waals surface area contributed by atoms with E-state index in [1.807, 2.05) is 30.0 Å². The predicted molar refractivity (Wildman–Crippen MR) is 141 cm³/mol. The van der Waals surface area contributed by atoms with Crippen molar-refractivity contribution in [2.75, 3.05) is 66.6 Å². The van der Waals surface area contributed by atoms with Crippen molar-refractivity contribution in [1.29, 1.82) is 0 Å². The second kappa shape index (κ2) is 12.9. The monoisotopic (exact) mass is 510 g/mol. The quantitative estimate of drug-likeness (QED) is 0.537. The molecular weight excluding hydrogens is 472 g/mol. The number of nitrogens with zero attached hydrogens (tertiary/aromatic N) is 4. The van der Waals surface area contributed by atoms with Crippen LogP contribution in [0.5, 0.6) is 5.75 Å². The van der Waals surface area contributed by atoms with Gasteiger partial charge >= 0.3 is 6.09 Å². The maximum absolute atomic E-state index is 12.8. The van der Waals surface area contributed by atoms with Crippen LogP contribution in [0, 0.1) is 5.92 Å². The first kappa shape index (κ1) is 26.9. The Morgan fingerprint density at radius 1 is 0.973 bits per heavy atom. The number of ether oxygens (including phenoxy) is 3. The van der Waals surface area contributed by atoms with Crippen molar-refractivity contribution >= 4 is 12.0 Å². The SMILES string of the molecule is CCOC(=O)N1CCC(COc2ccc(-c3ccc(C(=O)N4CCN(C)CC4)nc3)cc2COC)CC1. The molecule has 1 aromatic carbocycles. The molecule has 2 aliphatic heterocycles. The second-order valence-electron chi connectivity index (χ2n) is 9.72. The smallest absolute Gasteiger partial charge is 0.409 e. The molecular formula is C28H38N4O5. The number of likely N-dealkylation sites (tertiary alicyclic amines) is 1. The van der Waals surface area contributed by atoms with E-state index >= 15 is 0 Å². The average molecular weight is 511 g/mol. The van der Waals surface area contributed by atoms with Gasteiger partial charge in [0.05, 0.1) is 19.8 Å². The van der Waals surface area contributed by atoms with E-state index in [-0.39, 0.29) is 12.0 Å². The van der Waals surface area contributed by atoms with Crippen molar-refractivity contribution in [2.45, 2.75) is 26.4 Å². The average Bonchev–Trinajstić information content (AvgIpc) is 2.93. The van der Waals surface area contributed by atoms with Crippen molar-refractivity contribution < 1.29 is 23.8 Å². The summed E-state index contributed by atoms with van der Waals surface area (Å²) in [7, 11) is 3.74. The molecule has 9 nitrogen and oxygen atoms in total. The lowest BCUT2D eigenvalue weighted by molar-refractivity contribution is 0.0658. The molecule has 2 amide bonds. The van der Waals surface area contributed by atoms with E-state index in [2.05, 4.69) is 23.0 Å². The Labute approximate surface area is 219 Å². The van der Waals surface area contributed by atoms with Gasteiger partial charge in [-0.2, -0.15) is 0 Å². The number of piperazine rings is 1. The number of rotatable bonds is 8. The minimum Gasteiger partial charge on any atom is -0.493 e. The number of pyridine rings is 1. The third-order valence-electron chi connectivity index (χ3n) is 7.08. The minimum atomic E-state index is -0.231. The van der Waals surface area contributed by atoms with Crippen molar-refractivity contribution in [3.8, 4) is 16.9 Å². The summed E-state index contributed by atoms with van der Waals surface area (Å²) in [4.78, 5) is 35.1. The summed E-state index contributed by atoms with van der Waals surface area (Å²) in [6.07, 6.45) is 3.31. The molecule has 0 bridgehead atoms. The van der Waals surface area contributed by atoms with Crippen LogP contribution in [0.3, 0.4) is 0 Å². The summed E-state index contributed by atoms with van der Waals surface area (Å²) in [5.74, 6) is 1.17. The van der Waals surface area contributed by atoms with Crippen LogP contribution in [0.15, 0.2) is 36.5 Å². The molecule has 2 aliphatic rings. The summed E-state index contributed by atoms with van der Waals surface area (Å²) in [6.45, 7) is 7.85. The van der Waals surface area contributed by atoms with E-state index in [0.717, 1.165) is 61.5 Å². The first-order valence-electron chi connectivity index (χ1n) is 13.1. The maximum Gasteiger partial charge on any atom is 0.409 e. The lowest BCUT2D eigenvalue weighted by atomic mass is 9.98. The number of amides is 2. The Morgan fingerprint density at radius 3 is 2.35 bits per heavy atom. The molecule has 2 saturated heterocycles. The van der Waals surface area contributed by atoms with Crippen molar-refractivity contribution in [2.24, 2.45) is 5.92 Å². The molecule has 1 aromatic heterocycles. The van der Waals surface area contributed by atoms with Crippen LogP contribution in [0.2, 0.25) is 0 Å². The molecule has 0 atom stereocenters. The van der Waals surface area contributed by atoms with E-state index in [4.69, 9.17) is 14.2 Å². The van der Waals surface area contributed by atoms with E-state index in [9.17, 15) is 9.59 Å². The van der Waals surface area contributed by atoms with Gasteiger partial charge < -0.3 is 28.9 Å². The van der Waals surface area contributed by atoms with Crippen LogP contribution < -0.4 is 4.74 Å². The number of methoxy groups -OCH3 is 1. The first-order chi connectivity index (χ1) is 18.0. The van der Waals surface area contributed by atoms with Gasteiger partial charge in [0.2, 0.25) is 0 Å². The molecule has 0 N–H and O–H groups in total. The first-order valence-corrected chi connectivity index (χ1v) is 13.1. The summed E-state index contributed by atoms with van der Waals surface area (Å²) in [5.41, 5.74) is 3.36. The molecule has 3 heterocycles. The summed E-state index contributed by atoms with van der Waals surface area (Å²) in [5, 5.41) is 0. The number of hydrogen-bond acceptors (Lipinski definition) is 7. The highest BCUT2D eigenvalue weighted by Crippen LogP contribution is 2.29. The zero-order valence-corrected chi connectivity index (χ0v) is 22.1. The zero-order chi connectivity index (χ0) is 26.2. The fourth-order valence-electron chi connectivity index (χ4n) is 4.74. The van der Waals surface area contributed by atoms with Crippen LogP contribution in [-0.2, 0) is 16.1 Å². The van der Waals surface area contributed by atoms with Crippen LogP contribution in [0.1, 0.15) is 35.8 Å². The molecule has 0 spiro atoms. The molecule has 0 saturated carbocycles. The van der Waals surface area contributed by atoms with Crippen LogP contribution >= 0.6 is 0 Å². The fraction of sp³-hybridized carbons (Fsp3) is 0.536. The predicted octanol–water partition coefficient (Wildman–Crippen LogP) is 3.53. The Kier molecular flexibility index (Phi) is 9.35. The molecule has 4 rings (SSSR count). The van der Waals surface area contributed by atoms with Gasteiger partial charge in [-0.1, -0.05) is 12.1 Å². The van der Waals surface area contributed by atoms with E-state index in [0.29, 0.717) is 44.5 Å². The van der Waals surface area contributed by atoms with Gasteiger partial charge in [-0.15, -0.1) is 0 Å². The second-order valence-corrected chi connectivity index (χ2v) is 9.72. The van der Waals surface area contributed by atoms with E-state index in [1.54, 1.807) is 24.3 Å². The highest BCUT2D eigenvalue weighted by molar-refractivity contribution is 5.92. The lowest BCUT2D eigenvalue weighted by Crippen LogP contribution is -2.47. The largest absolute Gasteiger partial charge is 0.493 e. The summed E-state index contributed by atoms with van der Waals surface area (Å²) in [6, 6.07) is 9.79. The van der Waals surface area contributed by atoms with Crippen LogP contribution in [0.4, 0.5) is 4.79 Å². The van der Waals surface area contributed by atoms with Gasteiger partial charge in [-0.05, 0) is 56.5 Å². The number of hydrogen-bond donors (Lipinski definition) is 0. The number of carbonyl (C=O) groups is 2. The molecule has 200 valence electrons.